The third-order valence-corrected chi connectivity index (χ3v) is 4.07. The molecular formula is C15H19ClF4N2O2. The number of aliphatic hydroxyl groups is 1. The first-order chi connectivity index (χ1) is 10.7. The standard InChI is InChI=1S/C15H18F4N2O2.ClH/c16-13-9(2-1-3-10(13)15(17,18)19)7-21-14(23)8-4-5-12(22)11(20)6-8;/h1-3,8,11-12,22H,4-7,20H2,(H,21,23);1H/t8-,11+,12+;/m0./s1. The summed E-state index contributed by atoms with van der Waals surface area (Å²) in [5, 5.41) is 12.0. The van der Waals surface area contributed by atoms with Gasteiger partial charge in [0.1, 0.15) is 5.82 Å². The molecule has 1 aliphatic rings. The van der Waals surface area contributed by atoms with Gasteiger partial charge in [0.2, 0.25) is 5.91 Å². The van der Waals surface area contributed by atoms with Crippen LogP contribution in [0, 0.1) is 11.7 Å². The summed E-state index contributed by atoms with van der Waals surface area (Å²) in [7, 11) is 0. The fourth-order valence-corrected chi connectivity index (χ4v) is 2.69. The molecule has 1 aliphatic carbocycles. The van der Waals surface area contributed by atoms with E-state index in [1.165, 1.54) is 6.07 Å². The molecule has 9 heteroatoms. The van der Waals surface area contributed by atoms with Crippen LogP contribution in [0.25, 0.3) is 0 Å². The number of benzene rings is 1. The van der Waals surface area contributed by atoms with Crippen molar-refractivity contribution >= 4 is 18.3 Å². The monoisotopic (exact) mass is 370 g/mol. The van der Waals surface area contributed by atoms with Gasteiger partial charge in [-0.3, -0.25) is 4.79 Å². The average molecular weight is 371 g/mol. The second-order valence-corrected chi connectivity index (χ2v) is 5.74. The van der Waals surface area contributed by atoms with E-state index in [-0.39, 0.29) is 30.9 Å². The molecule has 0 spiro atoms. The van der Waals surface area contributed by atoms with Crippen molar-refractivity contribution in [1.29, 1.82) is 0 Å². The van der Waals surface area contributed by atoms with Gasteiger partial charge in [-0.25, -0.2) is 4.39 Å². The predicted octanol–water partition coefficient (Wildman–Crippen LogP) is 2.37. The van der Waals surface area contributed by atoms with Crippen LogP contribution in [0.5, 0.6) is 0 Å². The Hall–Kier alpha value is -1.38. The molecule has 136 valence electrons. The molecule has 0 radical (unpaired) electrons. The summed E-state index contributed by atoms with van der Waals surface area (Å²) in [6.07, 6.45) is -4.32. The van der Waals surface area contributed by atoms with Crippen LogP contribution in [0.4, 0.5) is 17.6 Å². The van der Waals surface area contributed by atoms with E-state index in [9.17, 15) is 27.5 Å². The molecule has 0 aliphatic heterocycles. The number of nitrogens with one attached hydrogen (secondary N) is 1. The zero-order valence-corrected chi connectivity index (χ0v) is 13.5. The van der Waals surface area contributed by atoms with E-state index in [0.29, 0.717) is 18.9 Å². The van der Waals surface area contributed by atoms with Crippen LogP contribution in [0.15, 0.2) is 18.2 Å². The predicted molar refractivity (Wildman–Crippen MR) is 81.8 cm³/mol. The summed E-state index contributed by atoms with van der Waals surface area (Å²) >= 11 is 0. The van der Waals surface area contributed by atoms with Crippen LogP contribution in [-0.2, 0) is 17.5 Å². The lowest BCUT2D eigenvalue weighted by Gasteiger charge is -2.30. The van der Waals surface area contributed by atoms with Crippen molar-refractivity contribution in [3.05, 3.63) is 35.1 Å². The quantitative estimate of drug-likeness (QED) is 0.715. The van der Waals surface area contributed by atoms with Crippen molar-refractivity contribution in [2.75, 3.05) is 0 Å². The molecule has 1 fully saturated rings. The Morgan fingerprint density at radius 3 is 2.58 bits per heavy atom. The fraction of sp³-hybridized carbons (Fsp3) is 0.533. The first-order valence-corrected chi connectivity index (χ1v) is 7.26. The Morgan fingerprint density at radius 1 is 1.33 bits per heavy atom. The second-order valence-electron chi connectivity index (χ2n) is 5.74. The van der Waals surface area contributed by atoms with E-state index in [1.807, 2.05) is 0 Å². The highest BCUT2D eigenvalue weighted by molar-refractivity contribution is 5.85. The zero-order valence-electron chi connectivity index (χ0n) is 12.6. The maximum absolute atomic E-state index is 13.9. The summed E-state index contributed by atoms with van der Waals surface area (Å²) in [6.45, 7) is -0.330. The molecule has 2 rings (SSSR count). The Balaban J connectivity index is 0.00000288. The van der Waals surface area contributed by atoms with Gasteiger partial charge < -0.3 is 16.2 Å². The minimum absolute atomic E-state index is 0. The van der Waals surface area contributed by atoms with Crippen LogP contribution < -0.4 is 11.1 Å². The summed E-state index contributed by atoms with van der Waals surface area (Å²) < 4.78 is 51.7. The minimum atomic E-state index is -4.78. The number of amides is 1. The van der Waals surface area contributed by atoms with E-state index in [2.05, 4.69) is 5.32 Å². The Labute approximate surface area is 142 Å². The number of halogens is 5. The van der Waals surface area contributed by atoms with Gasteiger partial charge in [-0.15, -0.1) is 12.4 Å². The number of alkyl halides is 3. The summed E-state index contributed by atoms with van der Waals surface area (Å²) in [4.78, 5) is 12.0. The first kappa shape index (κ1) is 20.7. The lowest BCUT2D eigenvalue weighted by molar-refractivity contribution is -0.140. The molecule has 4 nitrogen and oxygen atoms in total. The van der Waals surface area contributed by atoms with Gasteiger partial charge in [0.05, 0.1) is 11.7 Å². The van der Waals surface area contributed by atoms with Gasteiger partial charge >= 0.3 is 6.18 Å². The maximum Gasteiger partial charge on any atom is 0.419 e. The highest BCUT2D eigenvalue weighted by Crippen LogP contribution is 2.32. The van der Waals surface area contributed by atoms with Crippen LogP contribution in [-0.4, -0.2) is 23.2 Å². The molecule has 0 bridgehead atoms. The third kappa shape index (κ3) is 4.81. The van der Waals surface area contributed by atoms with E-state index in [1.54, 1.807) is 0 Å². The SMILES string of the molecule is Cl.N[C@@H]1C[C@@H](C(=O)NCc2cccc(C(F)(F)F)c2F)CC[C@H]1O. The maximum atomic E-state index is 13.9. The molecule has 0 saturated heterocycles. The number of aliphatic hydroxyl groups excluding tert-OH is 1. The molecule has 1 amide bonds. The van der Waals surface area contributed by atoms with Crippen molar-refractivity contribution < 1.29 is 27.5 Å². The lowest BCUT2D eigenvalue weighted by atomic mass is 9.83. The summed E-state index contributed by atoms with van der Waals surface area (Å²) in [6, 6.07) is 2.44. The Kier molecular flexibility index (Phi) is 7.00. The molecule has 1 aromatic carbocycles. The van der Waals surface area contributed by atoms with Gasteiger partial charge in [-0.2, -0.15) is 13.2 Å². The van der Waals surface area contributed by atoms with Crippen LogP contribution in [0.2, 0.25) is 0 Å². The zero-order chi connectivity index (χ0) is 17.2. The summed E-state index contributed by atoms with van der Waals surface area (Å²) in [5.74, 6) is -2.21. The number of hydrogen-bond donors (Lipinski definition) is 3. The largest absolute Gasteiger partial charge is 0.419 e. The first-order valence-electron chi connectivity index (χ1n) is 7.26. The fourth-order valence-electron chi connectivity index (χ4n) is 2.69. The van der Waals surface area contributed by atoms with Crippen molar-refractivity contribution in [3.63, 3.8) is 0 Å². The molecule has 3 atom stereocenters. The van der Waals surface area contributed by atoms with Crippen LogP contribution in [0.1, 0.15) is 30.4 Å². The van der Waals surface area contributed by atoms with Crippen molar-refractivity contribution in [2.24, 2.45) is 11.7 Å². The average Bonchev–Trinajstić information content (AvgIpc) is 2.47. The lowest BCUT2D eigenvalue weighted by Crippen LogP contribution is -2.44. The molecule has 4 N–H and O–H groups in total. The molecule has 24 heavy (non-hydrogen) atoms. The highest BCUT2D eigenvalue weighted by atomic mass is 35.5. The van der Waals surface area contributed by atoms with E-state index >= 15 is 0 Å². The number of hydrogen-bond acceptors (Lipinski definition) is 3. The molecule has 0 aromatic heterocycles. The number of carbonyl (C=O) groups excluding carboxylic acids is 1. The molecular weight excluding hydrogens is 352 g/mol. The van der Waals surface area contributed by atoms with Gasteiger partial charge in [-0.1, -0.05) is 12.1 Å². The van der Waals surface area contributed by atoms with Gasteiger partial charge in [0, 0.05) is 24.1 Å². The Morgan fingerprint density at radius 2 is 2.00 bits per heavy atom. The minimum Gasteiger partial charge on any atom is -0.392 e. The Bertz CT molecular complexity index is 583. The van der Waals surface area contributed by atoms with Crippen LogP contribution >= 0.6 is 12.4 Å². The second kappa shape index (κ2) is 8.13. The van der Waals surface area contributed by atoms with Gasteiger partial charge in [-0.05, 0) is 25.3 Å². The number of rotatable bonds is 3. The van der Waals surface area contributed by atoms with E-state index in [0.717, 1.165) is 6.07 Å². The van der Waals surface area contributed by atoms with E-state index in [4.69, 9.17) is 5.73 Å². The van der Waals surface area contributed by atoms with Crippen molar-refractivity contribution in [3.8, 4) is 0 Å². The molecule has 0 heterocycles. The topological polar surface area (TPSA) is 75.4 Å². The van der Waals surface area contributed by atoms with E-state index < -0.39 is 41.5 Å². The summed E-state index contributed by atoms with van der Waals surface area (Å²) in [5.41, 5.74) is 4.11. The number of carbonyl (C=O) groups is 1. The number of nitrogens with two attached hydrogens (primary N) is 1. The highest BCUT2D eigenvalue weighted by Gasteiger charge is 2.35. The van der Waals surface area contributed by atoms with Gasteiger partial charge in [0.25, 0.3) is 0 Å². The normalized spacial score (nSPS) is 24.2. The third-order valence-electron chi connectivity index (χ3n) is 4.07. The van der Waals surface area contributed by atoms with Crippen LogP contribution in [0.3, 0.4) is 0 Å². The van der Waals surface area contributed by atoms with Crippen molar-refractivity contribution in [1.82, 2.24) is 5.32 Å². The smallest absolute Gasteiger partial charge is 0.392 e. The van der Waals surface area contributed by atoms with Crippen molar-refractivity contribution in [2.45, 2.75) is 44.1 Å². The molecule has 0 unspecified atom stereocenters. The van der Waals surface area contributed by atoms with Gasteiger partial charge in [0.15, 0.2) is 0 Å². The molecule has 1 aromatic rings. The molecule has 1 saturated carbocycles.